The fraction of sp³-hybridized carbons (Fsp3) is 0.364. The zero-order chi connectivity index (χ0) is 11.5. The van der Waals surface area contributed by atoms with Crippen LogP contribution in [0.5, 0.6) is 0 Å². The summed E-state index contributed by atoms with van der Waals surface area (Å²) in [6.45, 7) is 5.07. The van der Waals surface area contributed by atoms with E-state index in [-0.39, 0.29) is 0 Å². The number of aromatic nitrogens is 4. The minimum absolute atomic E-state index is 0.504. The van der Waals surface area contributed by atoms with Crippen LogP contribution in [-0.2, 0) is 6.54 Å². The Hall–Kier alpha value is -1.49. The summed E-state index contributed by atoms with van der Waals surface area (Å²) in [6.07, 6.45) is 6.73. The molecule has 2 heterocycles. The molecule has 0 fully saturated rings. The Kier molecular flexibility index (Phi) is 3.14. The first kappa shape index (κ1) is 11.0. The fourth-order valence-corrected chi connectivity index (χ4v) is 1.76. The summed E-state index contributed by atoms with van der Waals surface area (Å²) in [4.78, 5) is 7.14. The van der Waals surface area contributed by atoms with E-state index in [4.69, 9.17) is 12.2 Å². The Bertz CT molecular complexity index is 541. The lowest BCUT2D eigenvalue weighted by Gasteiger charge is -2.01. The second kappa shape index (κ2) is 4.57. The molecule has 1 N–H and O–H groups in total. The lowest BCUT2D eigenvalue weighted by Crippen LogP contribution is -1.95. The van der Waals surface area contributed by atoms with Gasteiger partial charge in [0.2, 0.25) is 0 Å². The molecule has 0 aliphatic heterocycles. The van der Waals surface area contributed by atoms with E-state index >= 15 is 0 Å². The SMILES string of the molecule is CCCn1cc(-c2[nH]c(=S)ncc2C)cn1. The first-order valence-electron chi connectivity index (χ1n) is 5.29. The van der Waals surface area contributed by atoms with Gasteiger partial charge in [-0.15, -0.1) is 0 Å². The standard InChI is InChI=1S/C11H14N4S/c1-3-4-15-7-9(6-13-15)10-8(2)5-12-11(16)14-10/h5-7H,3-4H2,1-2H3,(H,12,14,16). The van der Waals surface area contributed by atoms with Crippen LogP contribution in [0, 0.1) is 11.7 Å². The van der Waals surface area contributed by atoms with Crippen LogP contribution in [0.15, 0.2) is 18.6 Å². The van der Waals surface area contributed by atoms with Gasteiger partial charge in [-0.2, -0.15) is 5.10 Å². The van der Waals surface area contributed by atoms with Crippen molar-refractivity contribution in [3.63, 3.8) is 0 Å². The Balaban J connectivity index is 2.42. The number of nitrogens with one attached hydrogen (secondary N) is 1. The molecule has 84 valence electrons. The topological polar surface area (TPSA) is 46.5 Å². The van der Waals surface area contributed by atoms with Crippen LogP contribution in [0.1, 0.15) is 18.9 Å². The number of hydrogen-bond acceptors (Lipinski definition) is 3. The third kappa shape index (κ3) is 2.19. The summed E-state index contributed by atoms with van der Waals surface area (Å²) in [7, 11) is 0. The second-order valence-electron chi connectivity index (χ2n) is 3.74. The van der Waals surface area contributed by atoms with Crippen LogP contribution in [0.2, 0.25) is 0 Å². The van der Waals surface area contributed by atoms with Crippen molar-refractivity contribution >= 4 is 12.2 Å². The molecule has 0 aromatic carbocycles. The van der Waals surface area contributed by atoms with Gasteiger partial charge in [0.05, 0.1) is 11.9 Å². The molecule has 0 aliphatic carbocycles. The summed E-state index contributed by atoms with van der Waals surface area (Å²) in [5.41, 5.74) is 3.13. The van der Waals surface area contributed by atoms with E-state index in [0.717, 1.165) is 29.8 Å². The number of H-pyrrole nitrogens is 1. The molecular weight excluding hydrogens is 220 g/mol. The van der Waals surface area contributed by atoms with Crippen molar-refractivity contribution in [2.45, 2.75) is 26.8 Å². The highest BCUT2D eigenvalue weighted by atomic mass is 32.1. The van der Waals surface area contributed by atoms with Crippen molar-refractivity contribution in [1.29, 1.82) is 0 Å². The quantitative estimate of drug-likeness (QED) is 0.831. The molecule has 0 saturated heterocycles. The maximum atomic E-state index is 5.02. The maximum absolute atomic E-state index is 5.02. The summed E-state index contributed by atoms with van der Waals surface area (Å²) in [6, 6.07) is 0. The lowest BCUT2D eigenvalue weighted by molar-refractivity contribution is 0.603. The van der Waals surface area contributed by atoms with E-state index in [0.29, 0.717) is 4.77 Å². The van der Waals surface area contributed by atoms with Crippen LogP contribution in [0.4, 0.5) is 0 Å². The normalized spacial score (nSPS) is 10.6. The zero-order valence-corrected chi connectivity index (χ0v) is 10.2. The van der Waals surface area contributed by atoms with E-state index in [1.165, 1.54) is 0 Å². The van der Waals surface area contributed by atoms with Gasteiger partial charge in [0.25, 0.3) is 0 Å². The molecule has 0 radical (unpaired) electrons. The Morgan fingerprint density at radius 3 is 3.00 bits per heavy atom. The molecule has 0 saturated carbocycles. The van der Waals surface area contributed by atoms with Gasteiger partial charge in [-0.3, -0.25) is 4.68 Å². The highest BCUT2D eigenvalue weighted by molar-refractivity contribution is 7.71. The molecule has 16 heavy (non-hydrogen) atoms. The fourth-order valence-electron chi connectivity index (χ4n) is 1.60. The molecule has 0 amide bonds. The van der Waals surface area contributed by atoms with E-state index in [1.807, 2.05) is 24.0 Å². The zero-order valence-electron chi connectivity index (χ0n) is 9.40. The monoisotopic (exact) mass is 234 g/mol. The van der Waals surface area contributed by atoms with Gasteiger partial charge in [-0.05, 0) is 31.1 Å². The Labute approximate surface area is 99.4 Å². The van der Waals surface area contributed by atoms with E-state index in [9.17, 15) is 0 Å². The molecule has 0 unspecified atom stereocenters. The first-order valence-corrected chi connectivity index (χ1v) is 5.70. The molecule has 2 aromatic heterocycles. The number of rotatable bonds is 3. The Morgan fingerprint density at radius 1 is 1.44 bits per heavy atom. The van der Waals surface area contributed by atoms with Gasteiger partial charge >= 0.3 is 0 Å². The third-order valence-electron chi connectivity index (χ3n) is 2.38. The van der Waals surface area contributed by atoms with Crippen LogP contribution in [0.25, 0.3) is 11.3 Å². The van der Waals surface area contributed by atoms with Crippen LogP contribution >= 0.6 is 12.2 Å². The van der Waals surface area contributed by atoms with Gasteiger partial charge in [-0.25, -0.2) is 4.98 Å². The molecule has 0 bridgehead atoms. The maximum Gasteiger partial charge on any atom is 0.197 e. The number of aryl methyl sites for hydroxylation is 2. The second-order valence-corrected chi connectivity index (χ2v) is 4.13. The van der Waals surface area contributed by atoms with Crippen molar-refractivity contribution in [2.24, 2.45) is 0 Å². The van der Waals surface area contributed by atoms with Gasteiger partial charge < -0.3 is 4.98 Å². The summed E-state index contributed by atoms with van der Waals surface area (Å²) in [5.74, 6) is 0. The van der Waals surface area contributed by atoms with E-state index < -0.39 is 0 Å². The van der Waals surface area contributed by atoms with Gasteiger partial charge in [0.1, 0.15) is 0 Å². The lowest BCUT2D eigenvalue weighted by atomic mass is 10.2. The van der Waals surface area contributed by atoms with Crippen molar-refractivity contribution in [2.75, 3.05) is 0 Å². The van der Waals surface area contributed by atoms with E-state index in [2.05, 4.69) is 22.0 Å². The van der Waals surface area contributed by atoms with Gasteiger partial charge in [0, 0.05) is 24.5 Å². The predicted molar refractivity (Wildman–Crippen MR) is 65.7 cm³/mol. The third-order valence-corrected chi connectivity index (χ3v) is 2.58. The molecule has 5 heteroatoms. The smallest absolute Gasteiger partial charge is 0.197 e. The molecule has 2 rings (SSSR count). The van der Waals surface area contributed by atoms with Crippen molar-refractivity contribution in [3.05, 3.63) is 28.9 Å². The minimum Gasteiger partial charge on any atom is -0.330 e. The van der Waals surface area contributed by atoms with Crippen LogP contribution < -0.4 is 0 Å². The predicted octanol–water partition coefficient (Wildman–Crippen LogP) is 2.72. The highest BCUT2D eigenvalue weighted by Crippen LogP contribution is 2.19. The number of aromatic amines is 1. The first-order chi connectivity index (χ1) is 7.70. The van der Waals surface area contributed by atoms with Crippen molar-refractivity contribution < 1.29 is 0 Å². The largest absolute Gasteiger partial charge is 0.330 e. The number of hydrogen-bond donors (Lipinski definition) is 1. The highest BCUT2D eigenvalue weighted by Gasteiger charge is 2.05. The average molecular weight is 234 g/mol. The van der Waals surface area contributed by atoms with Crippen molar-refractivity contribution in [3.8, 4) is 11.3 Å². The molecule has 4 nitrogen and oxygen atoms in total. The van der Waals surface area contributed by atoms with E-state index in [1.54, 1.807) is 6.20 Å². The molecule has 0 spiro atoms. The molecule has 0 atom stereocenters. The minimum atomic E-state index is 0.504. The van der Waals surface area contributed by atoms with Crippen molar-refractivity contribution in [1.82, 2.24) is 19.7 Å². The molecular formula is C11H14N4S. The van der Waals surface area contributed by atoms with Gasteiger partial charge in [0.15, 0.2) is 4.77 Å². The summed E-state index contributed by atoms with van der Waals surface area (Å²) >= 11 is 5.02. The Morgan fingerprint density at radius 2 is 2.25 bits per heavy atom. The van der Waals surface area contributed by atoms with Gasteiger partial charge in [-0.1, -0.05) is 6.92 Å². The molecule has 2 aromatic rings. The number of nitrogens with zero attached hydrogens (tertiary/aromatic N) is 3. The van der Waals surface area contributed by atoms with Crippen LogP contribution in [-0.4, -0.2) is 19.7 Å². The van der Waals surface area contributed by atoms with Crippen LogP contribution in [0.3, 0.4) is 0 Å². The summed E-state index contributed by atoms with van der Waals surface area (Å²) in [5, 5.41) is 4.30. The summed E-state index contributed by atoms with van der Waals surface area (Å²) < 4.78 is 2.44. The molecule has 0 aliphatic rings. The average Bonchev–Trinajstić information content (AvgIpc) is 2.71.